The molecule has 1 unspecified atom stereocenters. The normalized spacial score (nSPS) is 25.0. The van der Waals surface area contributed by atoms with Gasteiger partial charge in [-0.1, -0.05) is 151 Å². The van der Waals surface area contributed by atoms with Crippen molar-refractivity contribution in [2.45, 2.75) is 24.4 Å². The Morgan fingerprint density at radius 3 is 1.54 bits per heavy atom. The van der Waals surface area contributed by atoms with E-state index < -0.39 is 34.7 Å². The molecule has 1 saturated carbocycles. The molecule has 3 aliphatic rings. The number of carbonyl (C=O) groups is 4. The molecule has 2 bridgehead atoms. The number of Topliss-reactive ketones (excluding diaryl/α,β-unsaturated/α-hetero) is 3. The first-order valence-electron chi connectivity index (χ1n) is 15.5. The standard InChI is InChI=1S/C41H32O5/c1-27-15-14-24-32(25-27)41-33(36(42)28-16-6-2-7-17-28)26-40(46-39(41)45,31-22-12-5-13-23-31)34(37(43)29-18-8-3-9-19-29)35(41)38(44)30-20-10-4-11-21-30/h2-25,33-35H,26H2,1H3/t33?,34-,35+,40+,41+/m1/s1. The van der Waals surface area contributed by atoms with Crippen LogP contribution in [0.2, 0.25) is 0 Å². The van der Waals surface area contributed by atoms with E-state index in [2.05, 4.69) is 0 Å². The fraction of sp³-hybridized carbons (Fsp3) is 0.171. The van der Waals surface area contributed by atoms with Crippen LogP contribution in [-0.4, -0.2) is 23.3 Å². The maximum Gasteiger partial charge on any atom is 0.319 e. The van der Waals surface area contributed by atoms with Crippen molar-refractivity contribution in [3.8, 4) is 0 Å². The van der Waals surface area contributed by atoms with Crippen LogP contribution in [0.15, 0.2) is 146 Å². The van der Waals surface area contributed by atoms with Crippen molar-refractivity contribution >= 4 is 23.3 Å². The van der Waals surface area contributed by atoms with E-state index in [1.165, 1.54) is 0 Å². The molecular weight excluding hydrogens is 572 g/mol. The van der Waals surface area contributed by atoms with Gasteiger partial charge in [-0.2, -0.15) is 0 Å². The number of aryl methyl sites for hydroxylation is 1. The van der Waals surface area contributed by atoms with E-state index in [4.69, 9.17) is 4.74 Å². The van der Waals surface area contributed by atoms with Gasteiger partial charge in [0.15, 0.2) is 17.3 Å². The third kappa shape index (κ3) is 4.46. The van der Waals surface area contributed by atoms with Gasteiger partial charge in [0.25, 0.3) is 0 Å². The number of benzene rings is 5. The molecule has 226 valence electrons. The van der Waals surface area contributed by atoms with Crippen LogP contribution in [0, 0.1) is 24.7 Å². The summed E-state index contributed by atoms with van der Waals surface area (Å²) in [5.74, 6) is -5.01. The first-order valence-corrected chi connectivity index (χ1v) is 15.5. The summed E-state index contributed by atoms with van der Waals surface area (Å²) >= 11 is 0. The van der Waals surface area contributed by atoms with Gasteiger partial charge in [0.05, 0.1) is 11.8 Å². The van der Waals surface area contributed by atoms with E-state index in [0.717, 1.165) is 5.56 Å². The lowest BCUT2D eigenvalue weighted by Gasteiger charge is -2.62. The van der Waals surface area contributed by atoms with Gasteiger partial charge in [0, 0.05) is 29.0 Å². The molecule has 2 aliphatic heterocycles. The largest absolute Gasteiger partial charge is 0.453 e. The molecule has 5 nitrogen and oxygen atoms in total. The molecule has 5 aromatic carbocycles. The lowest BCUT2D eigenvalue weighted by atomic mass is 9.43. The number of ether oxygens (including phenoxy) is 1. The Morgan fingerprint density at radius 2 is 1.02 bits per heavy atom. The number of fused-ring (bicyclic) bond motifs is 3. The fourth-order valence-corrected chi connectivity index (χ4v) is 7.83. The van der Waals surface area contributed by atoms with Gasteiger partial charge < -0.3 is 4.74 Å². The summed E-state index contributed by atoms with van der Waals surface area (Å²) in [6, 6.07) is 42.9. The second kappa shape index (κ2) is 11.5. The molecule has 5 atom stereocenters. The van der Waals surface area contributed by atoms with Crippen LogP contribution in [0.1, 0.15) is 54.2 Å². The van der Waals surface area contributed by atoms with E-state index in [0.29, 0.717) is 27.8 Å². The van der Waals surface area contributed by atoms with Crippen LogP contribution >= 0.6 is 0 Å². The summed E-state index contributed by atoms with van der Waals surface area (Å²) in [6.45, 7) is 1.90. The highest BCUT2D eigenvalue weighted by atomic mass is 16.6. The number of rotatable bonds is 8. The molecule has 0 N–H and O–H groups in total. The Hall–Kier alpha value is -5.42. The Bertz CT molecular complexity index is 1940. The van der Waals surface area contributed by atoms with Crippen LogP contribution in [-0.2, 0) is 20.5 Å². The second-order valence-corrected chi connectivity index (χ2v) is 12.3. The zero-order valence-electron chi connectivity index (χ0n) is 25.3. The molecule has 1 aliphatic carbocycles. The third-order valence-corrected chi connectivity index (χ3v) is 9.81. The Morgan fingerprint density at radius 1 is 0.565 bits per heavy atom. The highest BCUT2D eigenvalue weighted by Crippen LogP contribution is 2.65. The number of hydrogen-bond acceptors (Lipinski definition) is 5. The molecule has 8 rings (SSSR count). The zero-order valence-corrected chi connectivity index (χ0v) is 25.3. The highest BCUT2D eigenvalue weighted by Gasteiger charge is 2.76. The summed E-state index contributed by atoms with van der Waals surface area (Å²) in [5, 5.41) is 0. The first-order chi connectivity index (χ1) is 22.4. The first kappa shape index (κ1) is 29.3. The molecular formula is C41H32O5. The minimum absolute atomic E-state index is 0.0340. The number of hydrogen-bond donors (Lipinski definition) is 0. The monoisotopic (exact) mass is 604 g/mol. The van der Waals surface area contributed by atoms with Crippen molar-refractivity contribution < 1.29 is 23.9 Å². The predicted molar refractivity (Wildman–Crippen MR) is 174 cm³/mol. The molecule has 0 aromatic heterocycles. The van der Waals surface area contributed by atoms with Gasteiger partial charge in [0.1, 0.15) is 11.0 Å². The molecule has 2 heterocycles. The van der Waals surface area contributed by atoms with Gasteiger partial charge in [-0.15, -0.1) is 0 Å². The van der Waals surface area contributed by atoms with Gasteiger partial charge >= 0.3 is 5.97 Å². The van der Waals surface area contributed by atoms with Crippen molar-refractivity contribution in [2.75, 3.05) is 0 Å². The lowest BCUT2D eigenvalue weighted by molar-refractivity contribution is -0.220. The molecule has 0 amide bonds. The van der Waals surface area contributed by atoms with Crippen molar-refractivity contribution in [2.24, 2.45) is 17.8 Å². The Kier molecular flexibility index (Phi) is 7.32. The molecule has 5 heteroatoms. The average Bonchev–Trinajstić information content (AvgIpc) is 3.11. The van der Waals surface area contributed by atoms with E-state index >= 15 is 9.59 Å². The number of ketones is 3. The zero-order chi connectivity index (χ0) is 31.9. The quantitative estimate of drug-likeness (QED) is 0.135. The molecule has 3 fully saturated rings. The van der Waals surface area contributed by atoms with Crippen molar-refractivity contribution in [1.82, 2.24) is 0 Å². The maximum atomic E-state index is 15.2. The van der Waals surface area contributed by atoms with Crippen molar-refractivity contribution in [3.05, 3.63) is 179 Å². The van der Waals surface area contributed by atoms with Crippen LogP contribution in [0.3, 0.4) is 0 Å². The second-order valence-electron chi connectivity index (χ2n) is 12.3. The highest BCUT2D eigenvalue weighted by molar-refractivity contribution is 6.13. The van der Waals surface area contributed by atoms with Gasteiger partial charge in [-0.3, -0.25) is 19.2 Å². The summed E-state index contributed by atoms with van der Waals surface area (Å²) < 4.78 is 6.58. The summed E-state index contributed by atoms with van der Waals surface area (Å²) in [4.78, 5) is 60.0. The average molecular weight is 605 g/mol. The topological polar surface area (TPSA) is 77.5 Å². The van der Waals surface area contributed by atoms with E-state index in [-0.39, 0.29) is 23.8 Å². The summed E-state index contributed by atoms with van der Waals surface area (Å²) in [5.41, 5.74) is -0.242. The van der Waals surface area contributed by atoms with Crippen molar-refractivity contribution in [3.63, 3.8) is 0 Å². The number of carbonyl (C=O) groups excluding carboxylic acids is 4. The Labute approximate surface area is 267 Å². The molecule has 0 radical (unpaired) electrons. The van der Waals surface area contributed by atoms with Gasteiger partial charge in [-0.25, -0.2) is 0 Å². The Balaban J connectivity index is 1.59. The maximum absolute atomic E-state index is 15.2. The molecule has 5 aromatic rings. The summed E-state index contributed by atoms with van der Waals surface area (Å²) in [7, 11) is 0. The minimum Gasteiger partial charge on any atom is -0.453 e. The van der Waals surface area contributed by atoms with Crippen LogP contribution in [0.5, 0.6) is 0 Å². The van der Waals surface area contributed by atoms with Crippen LogP contribution in [0.25, 0.3) is 0 Å². The lowest BCUT2D eigenvalue weighted by Crippen LogP contribution is -2.73. The third-order valence-electron chi connectivity index (χ3n) is 9.81. The van der Waals surface area contributed by atoms with Crippen molar-refractivity contribution in [1.29, 1.82) is 0 Å². The van der Waals surface area contributed by atoms with Crippen LogP contribution in [0.4, 0.5) is 0 Å². The number of esters is 1. The van der Waals surface area contributed by atoms with Gasteiger partial charge in [0.2, 0.25) is 0 Å². The predicted octanol–water partition coefficient (Wildman–Crippen LogP) is 7.59. The van der Waals surface area contributed by atoms with E-state index in [9.17, 15) is 9.59 Å². The molecule has 0 spiro atoms. The molecule has 2 saturated heterocycles. The smallest absolute Gasteiger partial charge is 0.319 e. The molecule has 46 heavy (non-hydrogen) atoms. The SMILES string of the molecule is Cc1cccc([C@]23C(=O)O[C@](c4ccccc4)(CC2C(=O)c2ccccc2)[C@@H](C(=O)c2ccccc2)[C@H]3C(=O)c2ccccc2)c1. The van der Waals surface area contributed by atoms with E-state index in [1.54, 1.807) is 78.9 Å². The van der Waals surface area contributed by atoms with Crippen LogP contribution < -0.4 is 0 Å². The summed E-state index contributed by atoms with van der Waals surface area (Å²) in [6.07, 6.45) is 0.0340. The van der Waals surface area contributed by atoms with Gasteiger partial charge in [-0.05, 0) is 18.1 Å². The fourth-order valence-electron chi connectivity index (χ4n) is 7.83. The van der Waals surface area contributed by atoms with E-state index in [1.807, 2.05) is 73.7 Å². The minimum atomic E-state index is -1.78.